The maximum Gasteiger partial charge on any atom is 0.252 e. The van der Waals surface area contributed by atoms with Crippen LogP contribution < -0.4 is 4.80 Å². The van der Waals surface area contributed by atoms with Crippen molar-refractivity contribution in [3.63, 3.8) is 0 Å². The summed E-state index contributed by atoms with van der Waals surface area (Å²) in [5.41, 5.74) is 1.42. The molecule has 22 heavy (non-hydrogen) atoms. The van der Waals surface area contributed by atoms with Crippen LogP contribution in [0.5, 0.6) is 0 Å². The van der Waals surface area contributed by atoms with Crippen molar-refractivity contribution in [3.8, 4) is 0 Å². The van der Waals surface area contributed by atoms with Gasteiger partial charge in [0.15, 0.2) is 4.80 Å². The second-order valence-corrected chi connectivity index (χ2v) is 8.14. The molecule has 0 aliphatic heterocycles. The Morgan fingerprint density at radius 3 is 2.86 bits per heavy atom. The van der Waals surface area contributed by atoms with Crippen LogP contribution >= 0.6 is 11.3 Å². The number of nitrogens with zero attached hydrogens (tertiary/aromatic N) is 2. The van der Waals surface area contributed by atoms with Gasteiger partial charge in [0.2, 0.25) is 0 Å². The monoisotopic (exact) mass is 322 g/mol. The van der Waals surface area contributed by atoms with E-state index < -0.39 is 0 Å². The molecule has 0 aromatic carbocycles. The van der Waals surface area contributed by atoms with E-state index in [0.29, 0.717) is 12.5 Å². The molecule has 1 unspecified atom stereocenters. The summed E-state index contributed by atoms with van der Waals surface area (Å²) in [6.07, 6.45) is 4.93. The Balaban J connectivity index is 1.86. The van der Waals surface area contributed by atoms with Gasteiger partial charge in [0.1, 0.15) is 0 Å². The maximum atomic E-state index is 12.7. The average molecular weight is 322 g/mol. The molecule has 0 saturated heterocycles. The predicted molar refractivity (Wildman–Crippen MR) is 87.8 cm³/mol. The number of amides is 1. The third kappa shape index (κ3) is 2.58. The largest absolute Gasteiger partial charge is 0.383 e. The van der Waals surface area contributed by atoms with E-state index in [1.54, 1.807) is 18.4 Å². The zero-order valence-electron chi connectivity index (χ0n) is 14.0. The first kappa shape index (κ1) is 15.9. The van der Waals surface area contributed by atoms with Crippen molar-refractivity contribution in [1.82, 2.24) is 4.57 Å². The Hall–Kier alpha value is -0.940. The van der Waals surface area contributed by atoms with Gasteiger partial charge in [-0.25, -0.2) is 0 Å². The second kappa shape index (κ2) is 5.93. The Kier molecular flexibility index (Phi) is 4.29. The number of aromatic nitrogens is 1. The fourth-order valence-electron chi connectivity index (χ4n) is 4.11. The highest BCUT2D eigenvalue weighted by molar-refractivity contribution is 7.09. The SMILES string of the molecule is COCCn1c(C)c(C)s/c1=N\C(=O)C1[C@H]2CCCC[C@@]12C. The molecular formula is C17H26N2O2S. The minimum Gasteiger partial charge on any atom is -0.383 e. The molecule has 1 aromatic rings. The maximum absolute atomic E-state index is 12.7. The molecule has 2 fully saturated rings. The normalized spacial score (nSPS) is 31.2. The topological polar surface area (TPSA) is 43.6 Å². The molecule has 1 amide bonds. The molecule has 5 heteroatoms. The number of hydrogen-bond acceptors (Lipinski definition) is 3. The lowest BCUT2D eigenvalue weighted by Gasteiger charge is -2.15. The smallest absolute Gasteiger partial charge is 0.252 e. The van der Waals surface area contributed by atoms with Crippen LogP contribution in [0.2, 0.25) is 0 Å². The number of thiazole rings is 1. The van der Waals surface area contributed by atoms with Crippen molar-refractivity contribution in [1.29, 1.82) is 0 Å². The third-order valence-electron chi connectivity index (χ3n) is 5.71. The number of ether oxygens (including phenoxy) is 1. The summed E-state index contributed by atoms with van der Waals surface area (Å²) in [7, 11) is 1.70. The average Bonchev–Trinajstić information content (AvgIpc) is 3.03. The minimum absolute atomic E-state index is 0.0989. The number of methoxy groups -OCH3 is 1. The van der Waals surface area contributed by atoms with E-state index in [1.165, 1.54) is 36.3 Å². The highest BCUT2D eigenvalue weighted by Gasteiger charge is 2.64. The van der Waals surface area contributed by atoms with Gasteiger partial charge in [0, 0.05) is 30.1 Å². The van der Waals surface area contributed by atoms with E-state index in [-0.39, 0.29) is 17.2 Å². The van der Waals surface area contributed by atoms with E-state index in [1.807, 2.05) is 0 Å². The van der Waals surface area contributed by atoms with Crippen molar-refractivity contribution in [2.24, 2.45) is 22.2 Å². The number of fused-ring (bicyclic) bond motifs is 1. The fraction of sp³-hybridized carbons (Fsp3) is 0.765. The van der Waals surface area contributed by atoms with E-state index in [4.69, 9.17) is 4.74 Å². The summed E-state index contributed by atoms with van der Waals surface area (Å²) >= 11 is 1.62. The molecule has 3 atom stereocenters. The highest BCUT2D eigenvalue weighted by atomic mass is 32.1. The van der Waals surface area contributed by atoms with Crippen molar-refractivity contribution < 1.29 is 9.53 Å². The van der Waals surface area contributed by atoms with E-state index in [2.05, 4.69) is 30.3 Å². The Labute approximate surface area is 136 Å². The van der Waals surface area contributed by atoms with Gasteiger partial charge in [-0.1, -0.05) is 19.8 Å². The van der Waals surface area contributed by atoms with Gasteiger partial charge in [0.05, 0.1) is 6.61 Å². The molecule has 2 aliphatic carbocycles. The number of rotatable bonds is 4. The first-order valence-electron chi connectivity index (χ1n) is 8.23. The van der Waals surface area contributed by atoms with Crippen LogP contribution in [0, 0.1) is 31.1 Å². The molecule has 0 radical (unpaired) electrons. The van der Waals surface area contributed by atoms with Gasteiger partial charge in [0.25, 0.3) is 5.91 Å². The summed E-state index contributed by atoms with van der Waals surface area (Å²) in [6, 6.07) is 0. The molecule has 3 rings (SSSR count). The van der Waals surface area contributed by atoms with Gasteiger partial charge in [-0.3, -0.25) is 4.79 Å². The first-order valence-corrected chi connectivity index (χ1v) is 9.05. The van der Waals surface area contributed by atoms with Crippen molar-refractivity contribution in [2.45, 2.75) is 53.0 Å². The minimum atomic E-state index is 0.0989. The lowest BCUT2D eigenvalue weighted by Crippen LogP contribution is -2.21. The summed E-state index contributed by atoms with van der Waals surface area (Å²) in [5.74, 6) is 0.836. The number of carbonyl (C=O) groups excluding carboxylic acids is 1. The quantitative estimate of drug-likeness (QED) is 0.855. The van der Waals surface area contributed by atoms with Crippen LogP contribution in [0.4, 0.5) is 0 Å². The molecular weight excluding hydrogens is 296 g/mol. The zero-order valence-corrected chi connectivity index (χ0v) is 14.8. The highest BCUT2D eigenvalue weighted by Crippen LogP contribution is 2.66. The predicted octanol–water partition coefficient (Wildman–Crippen LogP) is 3.07. The molecule has 4 nitrogen and oxygen atoms in total. The molecule has 0 bridgehead atoms. The Morgan fingerprint density at radius 1 is 1.45 bits per heavy atom. The van der Waals surface area contributed by atoms with Crippen molar-refractivity contribution in [2.75, 3.05) is 13.7 Å². The molecule has 1 aromatic heterocycles. The molecule has 0 N–H and O–H groups in total. The van der Waals surface area contributed by atoms with Crippen LogP contribution in [-0.2, 0) is 16.1 Å². The lowest BCUT2D eigenvalue weighted by atomic mass is 9.90. The van der Waals surface area contributed by atoms with Gasteiger partial charge in [-0.05, 0) is 38.0 Å². The third-order valence-corrected chi connectivity index (χ3v) is 6.81. The van der Waals surface area contributed by atoms with Gasteiger partial charge in [-0.2, -0.15) is 4.99 Å². The van der Waals surface area contributed by atoms with Gasteiger partial charge >= 0.3 is 0 Å². The summed E-state index contributed by atoms with van der Waals surface area (Å²) in [5, 5.41) is 0. The molecule has 1 heterocycles. The number of hydrogen-bond donors (Lipinski definition) is 0. The second-order valence-electron chi connectivity index (χ2n) is 6.96. The molecule has 0 spiro atoms. The van der Waals surface area contributed by atoms with Gasteiger partial charge < -0.3 is 9.30 Å². The molecule has 2 aliphatic rings. The Bertz CT molecular complexity index is 646. The first-order chi connectivity index (χ1) is 10.5. The van der Waals surface area contributed by atoms with Gasteiger partial charge in [-0.15, -0.1) is 11.3 Å². The fourth-order valence-corrected chi connectivity index (χ4v) is 5.12. The van der Waals surface area contributed by atoms with Crippen LogP contribution in [0.1, 0.15) is 43.2 Å². The molecule has 2 saturated carbocycles. The van der Waals surface area contributed by atoms with Crippen LogP contribution in [0.15, 0.2) is 4.99 Å². The van der Waals surface area contributed by atoms with Crippen LogP contribution in [0.25, 0.3) is 0 Å². The molecule has 122 valence electrons. The summed E-state index contributed by atoms with van der Waals surface area (Å²) in [6.45, 7) is 7.85. The summed E-state index contributed by atoms with van der Waals surface area (Å²) < 4.78 is 7.30. The van der Waals surface area contributed by atoms with Crippen LogP contribution in [-0.4, -0.2) is 24.2 Å². The van der Waals surface area contributed by atoms with Crippen molar-refractivity contribution in [3.05, 3.63) is 15.4 Å². The van der Waals surface area contributed by atoms with E-state index in [0.717, 1.165) is 11.3 Å². The van der Waals surface area contributed by atoms with Crippen molar-refractivity contribution >= 4 is 17.2 Å². The Morgan fingerprint density at radius 2 is 2.23 bits per heavy atom. The van der Waals surface area contributed by atoms with E-state index >= 15 is 0 Å². The number of aryl methyl sites for hydroxylation is 1. The zero-order chi connectivity index (χ0) is 15.9. The van der Waals surface area contributed by atoms with Crippen LogP contribution in [0.3, 0.4) is 0 Å². The lowest BCUT2D eigenvalue weighted by molar-refractivity contribution is -0.120. The van der Waals surface area contributed by atoms with E-state index in [9.17, 15) is 4.79 Å². The standard InChI is InChI=1S/C17H26N2O2S/c1-11-12(2)22-16(19(11)9-10-21-4)18-15(20)14-13-7-5-6-8-17(13,14)3/h13-14H,5-10H2,1-4H3/b18-16-/t13-,14?,17-/m1/s1. The number of carbonyl (C=O) groups is 1. The summed E-state index contributed by atoms with van der Waals surface area (Å²) in [4.78, 5) is 19.3.